The van der Waals surface area contributed by atoms with Crippen LogP contribution in [-0.4, -0.2) is 11.1 Å². The molecular formula is C12H11N3O2. The maximum atomic E-state index is 10.6. The van der Waals surface area contributed by atoms with E-state index in [0.29, 0.717) is 5.69 Å². The van der Waals surface area contributed by atoms with Gasteiger partial charge in [-0.3, -0.25) is 0 Å². The second-order valence-corrected chi connectivity index (χ2v) is 3.43. The molecule has 1 heterocycles. The van der Waals surface area contributed by atoms with Gasteiger partial charge in [0, 0.05) is 18.0 Å². The number of nitrogens with zero attached hydrogens (tertiary/aromatic N) is 1. The Hall–Kier alpha value is -2.56. The molecule has 0 saturated heterocycles. The van der Waals surface area contributed by atoms with Crippen molar-refractivity contribution in [2.45, 2.75) is 0 Å². The van der Waals surface area contributed by atoms with E-state index in [9.17, 15) is 4.79 Å². The van der Waals surface area contributed by atoms with Crippen molar-refractivity contribution in [3.63, 3.8) is 0 Å². The number of primary amides is 1. The first kappa shape index (κ1) is 10.9. The largest absolute Gasteiger partial charge is 0.411 e. The van der Waals surface area contributed by atoms with Crippen LogP contribution in [0.4, 0.5) is 10.5 Å². The average Bonchev–Trinajstić information content (AvgIpc) is 2.29. The van der Waals surface area contributed by atoms with Gasteiger partial charge in [-0.25, -0.2) is 9.78 Å². The lowest BCUT2D eigenvalue weighted by Gasteiger charge is -2.04. The fraction of sp³-hybridized carbons (Fsp3) is 0. The highest BCUT2D eigenvalue weighted by Gasteiger charge is 2.03. The van der Waals surface area contributed by atoms with E-state index in [1.807, 2.05) is 12.1 Å². The molecule has 1 aromatic carbocycles. The minimum Gasteiger partial charge on any atom is -0.399 e. The zero-order chi connectivity index (χ0) is 12.3. The zero-order valence-electron chi connectivity index (χ0n) is 8.96. The predicted molar refractivity (Wildman–Crippen MR) is 64.3 cm³/mol. The van der Waals surface area contributed by atoms with E-state index in [-0.39, 0.29) is 5.88 Å². The fourth-order valence-electron chi connectivity index (χ4n) is 1.42. The molecule has 0 bridgehead atoms. The van der Waals surface area contributed by atoms with Gasteiger partial charge in [0.25, 0.3) is 0 Å². The van der Waals surface area contributed by atoms with E-state index in [1.165, 1.54) is 0 Å². The number of benzene rings is 1. The first-order valence-electron chi connectivity index (χ1n) is 4.94. The Morgan fingerprint density at radius 3 is 2.47 bits per heavy atom. The van der Waals surface area contributed by atoms with Crippen molar-refractivity contribution in [1.82, 2.24) is 4.98 Å². The molecule has 0 radical (unpaired) electrons. The smallest absolute Gasteiger partial charge is 0.399 e. The van der Waals surface area contributed by atoms with Gasteiger partial charge in [-0.15, -0.1) is 0 Å². The average molecular weight is 229 g/mol. The van der Waals surface area contributed by atoms with Gasteiger partial charge < -0.3 is 16.2 Å². The molecule has 0 unspecified atom stereocenters. The van der Waals surface area contributed by atoms with Crippen LogP contribution in [0, 0.1) is 0 Å². The van der Waals surface area contributed by atoms with Crippen molar-refractivity contribution in [2.24, 2.45) is 5.73 Å². The molecule has 4 N–H and O–H groups in total. The molecule has 5 heteroatoms. The topological polar surface area (TPSA) is 91.2 Å². The number of carbonyl (C=O) groups is 1. The second kappa shape index (κ2) is 4.52. The number of hydrogen-bond donors (Lipinski definition) is 2. The Labute approximate surface area is 98.0 Å². The lowest BCUT2D eigenvalue weighted by atomic mass is 10.1. The van der Waals surface area contributed by atoms with Crippen LogP contribution in [0.2, 0.25) is 0 Å². The van der Waals surface area contributed by atoms with Gasteiger partial charge in [-0.05, 0) is 29.3 Å². The Kier molecular flexibility index (Phi) is 2.91. The normalized spacial score (nSPS) is 9.88. The van der Waals surface area contributed by atoms with Crippen molar-refractivity contribution in [2.75, 3.05) is 5.73 Å². The molecule has 2 rings (SSSR count). The van der Waals surface area contributed by atoms with Crippen LogP contribution in [0.25, 0.3) is 11.1 Å². The maximum absolute atomic E-state index is 10.6. The predicted octanol–water partition coefficient (Wildman–Crippen LogP) is 1.79. The van der Waals surface area contributed by atoms with Gasteiger partial charge in [0.15, 0.2) is 0 Å². The molecule has 2 aromatic rings. The van der Waals surface area contributed by atoms with Crippen molar-refractivity contribution in [3.05, 3.63) is 42.6 Å². The van der Waals surface area contributed by atoms with Crippen LogP contribution >= 0.6 is 0 Å². The molecule has 1 amide bonds. The summed E-state index contributed by atoms with van der Waals surface area (Å²) in [6.45, 7) is 0. The van der Waals surface area contributed by atoms with Gasteiger partial charge in [0.1, 0.15) is 0 Å². The van der Waals surface area contributed by atoms with Gasteiger partial charge in [0.05, 0.1) is 0 Å². The lowest BCUT2D eigenvalue weighted by Crippen LogP contribution is -2.16. The number of rotatable bonds is 2. The molecule has 86 valence electrons. The first-order valence-corrected chi connectivity index (χ1v) is 4.94. The minimum absolute atomic E-state index is 0.173. The van der Waals surface area contributed by atoms with Crippen molar-refractivity contribution in [1.29, 1.82) is 0 Å². The molecule has 0 spiro atoms. The van der Waals surface area contributed by atoms with E-state index in [2.05, 4.69) is 4.98 Å². The summed E-state index contributed by atoms with van der Waals surface area (Å²) in [5, 5.41) is 0. The summed E-state index contributed by atoms with van der Waals surface area (Å²) < 4.78 is 4.70. The molecule has 0 atom stereocenters. The van der Waals surface area contributed by atoms with E-state index in [4.69, 9.17) is 16.2 Å². The van der Waals surface area contributed by atoms with E-state index >= 15 is 0 Å². The van der Waals surface area contributed by atoms with E-state index in [0.717, 1.165) is 11.1 Å². The molecular weight excluding hydrogens is 218 g/mol. The van der Waals surface area contributed by atoms with E-state index < -0.39 is 6.09 Å². The summed E-state index contributed by atoms with van der Waals surface area (Å²) in [5.41, 5.74) is 13.0. The molecule has 1 aromatic heterocycles. The summed E-state index contributed by atoms with van der Waals surface area (Å²) in [6.07, 6.45) is 0.663. The van der Waals surface area contributed by atoms with Crippen LogP contribution in [0.15, 0.2) is 42.6 Å². The van der Waals surface area contributed by atoms with Gasteiger partial charge in [0.2, 0.25) is 5.88 Å². The number of aromatic nitrogens is 1. The molecule has 0 aliphatic heterocycles. The Balaban J connectivity index is 2.32. The molecule has 5 nitrogen and oxygen atoms in total. The Bertz CT molecular complexity index is 538. The number of anilines is 1. The summed E-state index contributed by atoms with van der Waals surface area (Å²) in [6, 6.07) is 10.8. The number of nitrogens with two attached hydrogens (primary N) is 2. The number of ether oxygens (including phenoxy) is 1. The van der Waals surface area contributed by atoms with Crippen molar-refractivity contribution in [3.8, 4) is 17.0 Å². The Morgan fingerprint density at radius 2 is 1.82 bits per heavy atom. The summed E-state index contributed by atoms with van der Waals surface area (Å²) in [5.74, 6) is 0.173. The van der Waals surface area contributed by atoms with Gasteiger partial charge in [-0.1, -0.05) is 12.1 Å². The zero-order valence-corrected chi connectivity index (χ0v) is 8.96. The fourth-order valence-corrected chi connectivity index (χ4v) is 1.42. The van der Waals surface area contributed by atoms with Crippen LogP contribution in [0.1, 0.15) is 0 Å². The summed E-state index contributed by atoms with van der Waals surface area (Å²) >= 11 is 0. The van der Waals surface area contributed by atoms with Gasteiger partial charge in [-0.2, -0.15) is 0 Å². The van der Waals surface area contributed by atoms with Crippen LogP contribution in [-0.2, 0) is 0 Å². The molecule has 0 fully saturated rings. The summed E-state index contributed by atoms with van der Waals surface area (Å²) in [7, 11) is 0. The minimum atomic E-state index is -0.882. The highest BCUT2D eigenvalue weighted by Crippen LogP contribution is 2.22. The molecule has 0 aliphatic carbocycles. The van der Waals surface area contributed by atoms with Gasteiger partial charge >= 0.3 is 6.09 Å². The van der Waals surface area contributed by atoms with E-state index in [1.54, 1.807) is 30.5 Å². The van der Waals surface area contributed by atoms with Crippen molar-refractivity contribution < 1.29 is 9.53 Å². The lowest BCUT2D eigenvalue weighted by molar-refractivity contribution is 0.209. The third kappa shape index (κ3) is 2.72. The number of nitrogen functional groups attached to an aromatic ring is 1. The molecule has 17 heavy (non-hydrogen) atoms. The van der Waals surface area contributed by atoms with Crippen molar-refractivity contribution >= 4 is 11.8 Å². The monoisotopic (exact) mass is 229 g/mol. The highest BCUT2D eigenvalue weighted by atomic mass is 16.6. The standard InChI is InChI=1S/C12H11N3O2/c13-10-3-1-8(2-4-10)9-5-6-15-11(7-9)17-12(14)16/h1-7H,13H2,(H2,14,16). The van der Waals surface area contributed by atoms with Crippen LogP contribution < -0.4 is 16.2 Å². The van der Waals surface area contributed by atoms with Crippen LogP contribution in [0.3, 0.4) is 0 Å². The third-order valence-corrected chi connectivity index (χ3v) is 2.18. The number of carbonyl (C=O) groups excluding carboxylic acids is 1. The quantitative estimate of drug-likeness (QED) is 0.768. The Morgan fingerprint density at radius 1 is 1.12 bits per heavy atom. The molecule has 0 aliphatic rings. The number of pyridine rings is 1. The SMILES string of the molecule is NC(=O)Oc1cc(-c2ccc(N)cc2)ccn1. The highest BCUT2D eigenvalue weighted by molar-refractivity contribution is 5.70. The number of amides is 1. The van der Waals surface area contributed by atoms with Crippen LogP contribution in [0.5, 0.6) is 5.88 Å². The third-order valence-electron chi connectivity index (χ3n) is 2.18. The number of hydrogen-bond acceptors (Lipinski definition) is 4. The second-order valence-electron chi connectivity index (χ2n) is 3.43. The molecule has 0 saturated carbocycles. The maximum Gasteiger partial charge on any atom is 0.411 e. The first-order chi connectivity index (χ1) is 8.15. The summed E-state index contributed by atoms with van der Waals surface area (Å²) in [4.78, 5) is 14.5.